The van der Waals surface area contributed by atoms with Gasteiger partial charge in [-0.1, -0.05) is 0 Å². The van der Waals surface area contributed by atoms with Gasteiger partial charge in [0.2, 0.25) is 0 Å². The zero-order valence-electron chi connectivity index (χ0n) is 12.0. The molecule has 0 aliphatic carbocycles. The first kappa shape index (κ1) is 12.2. The maximum absolute atomic E-state index is 5.94. The van der Waals surface area contributed by atoms with Crippen molar-refractivity contribution in [3.05, 3.63) is 24.0 Å². The van der Waals surface area contributed by atoms with Gasteiger partial charge < -0.3 is 10.7 Å². The van der Waals surface area contributed by atoms with E-state index in [0.717, 1.165) is 33.9 Å². The highest BCUT2D eigenvalue weighted by molar-refractivity contribution is 6.44. The van der Waals surface area contributed by atoms with Crippen LogP contribution in [0.5, 0.6) is 0 Å². The van der Waals surface area contributed by atoms with E-state index >= 15 is 0 Å². The van der Waals surface area contributed by atoms with Crippen LogP contribution in [-0.4, -0.2) is 47.6 Å². The summed E-state index contributed by atoms with van der Waals surface area (Å²) in [7, 11) is 3.97. The molecule has 0 spiro atoms. The fraction of sp³-hybridized carbons (Fsp3) is 0.214. The molecule has 0 bridgehead atoms. The normalized spacial score (nSPS) is 18.1. The van der Waals surface area contributed by atoms with Crippen LogP contribution in [0, 0.1) is 0 Å². The van der Waals surface area contributed by atoms with Crippen LogP contribution in [0.2, 0.25) is 0 Å². The fourth-order valence-electron chi connectivity index (χ4n) is 2.93. The monoisotopic (exact) mass is 278 g/mol. The van der Waals surface area contributed by atoms with Gasteiger partial charge in [0.15, 0.2) is 0 Å². The molecule has 3 aromatic heterocycles. The van der Waals surface area contributed by atoms with Crippen LogP contribution < -0.4 is 11.2 Å². The Hall–Kier alpha value is -2.57. The van der Waals surface area contributed by atoms with Gasteiger partial charge in [0.05, 0.1) is 11.7 Å². The summed E-state index contributed by atoms with van der Waals surface area (Å²) in [5, 5.41) is 8.44. The SMILES string of the molecule is Bc1c(N)ncc2[nH]c3ncc(C4C=NN(C)C4)cc3c12. The Labute approximate surface area is 122 Å². The quantitative estimate of drug-likeness (QED) is 0.612. The number of hydrogen-bond acceptors (Lipinski definition) is 5. The Balaban J connectivity index is 1.96. The summed E-state index contributed by atoms with van der Waals surface area (Å²) in [6.45, 7) is 0.887. The number of fused-ring (bicyclic) bond motifs is 3. The summed E-state index contributed by atoms with van der Waals surface area (Å²) in [6.07, 6.45) is 5.66. The highest BCUT2D eigenvalue weighted by Gasteiger charge is 2.19. The summed E-state index contributed by atoms with van der Waals surface area (Å²) in [5.41, 5.74) is 9.95. The molecule has 1 atom stereocenters. The van der Waals surface area contributed by atoms with Crippen molar-refractivity contribution in [3.8, 4) is 0 Å². The lowest BCUT2D eigenvalue weighted by molar-refractivity contribution is 0.381. The Morgan fingerprint density at radius 2 is 2.24 bits per heavy atom. The predicted octanol–water partition coefficient (Wildman–Crippen LogP) is -0.0335. The van der Waals surface area contributed by atoms with Gasteiger partial charge in [0, 0.05) is 42.7 Å². The van der Waals surface area contributed by atoms with E-state index in [1.807, 2.05) is 32.3 Å². The molecule has 0 saturated heterocycles. The third-order valence-corrected chi connectivity index (χ3v) is 4.13. The number of nitrogens with zero attached hydrogens (tertiary/aromatic N) is 4. The molecule has 0 saturated carbocycles. The number of nitrogen functional groups attached to an aromatic ring is 1. The van der Waals surface area contributed by atoms with Gasteiger partial charge in [-0.15, -0.1) is 0 Å². The second kappa shape index (κ2) is 4.21. The number of anilines is 1. The molecule has 1 aliphatic heterocycles. The molecule has 0 amide bonds. The van der Waals surface area contributed by atoms with Gasteiger partial charge in [0.25, 0.3) is 0 Å². The lowest BCUT2D eigenvalue weighted by Crippen LogP contribution is -2.13. The van der Waals surface area contributed by atoms with Gasteiger partial charge in [-0.25, -0.2) is 9.97 Å². The molecule has 0 fully saturated rings. The van der Waals surface area contributed by atoms with Crippen LogP contribution in [0.1, 0.15) is 11.5 Å². The summed E-state index contributed by atoms with van der Waals surface area (Å²) >= 11 is 0. The lowest BCUT2D eigenvalue weighted by atomic mass is 9.91. The molecule has 104 valence electrons. The molecule has 3 N–H and O–H groups in total. The maximum atomic E-state index is 5.94. The van der Waals surface area contributed by atoms with Gasteiger partial charge >= 0.3 is 0 Å². The molecule has 21 heavy (non-hydrogen) atoms. The van der Waals surface area contributed by atoms with Crippen molar-refractivity contribution in [1.82, 2.24) is 20.0 Å². The zero-order valence-corrected chi connectivity index (χ0v) is 12.0. The Morgan fingerprint density at radius 1 is 1.38 bits per heavy atom. The topological polar surface area (TPSA) is 83.2 Å². The van der Waals surface area contributed by atoms with Crippen LogP contribution in [0.3, 0.4) is 0 Å². The van der Waals surface area contributed by atoms with Crippen molar-refractivity contribution in [2.45, 2.75) is 5.92 Å². The molecule has 4 heterocycles. The molecule has 1 unspecified atom stereocenters. The van der Waals surface area contributed by atoms with Crippen LogP contribution in [0.15, 0.2) is 23.6 Å². The smallest absolute Gasteiger partial charge is 0.145 e. The average Bonchev–Trinajstić information content (AvgIpc) is 3.06. The number of nitrogens with two attached hydrogens (primary N) is 1. The van der Waals surface area contributed by atoms with Crippen LogP contribution in [0.25, 0.3) is 21.9 Å². The van der Waals surface area contributed by atoms with Crippen molar-refractivity contribution >= 4 is 47.3 Å². The van der Waals surface area contributed by atoms with E-state index in [4.69, 9.17) is 5.73 Å². The Kier molecular flexibility index (Phi) is 2.45. The number of H-pyrrole nitrogens is 1. The largest absolute Gasteiger partial charge is 0.384 e. The molecular formula is C14H15BN6. The third kappa shape index (κ3) is 1.77. The lowest BCUT2D eigenvalue weighted by Gasteiger charge is -2.10. The minimum absolute atomic E-state index is 0.288. The fourth-order valence-corrected chi connectivity index (χ4v) is 2.93. The number of likely N-dealkylation sites (N-methyl/N-ethyl adjacent to an activating group) is 1. The molecule has 3 aromatic rings. The first-order valence-corrected chi connectivity index (χ1v) is 6.91. The van der Waals surface area contributed by atoms with Gasteiger partial charge in [-0.3, -0.25) is 5.01 Å². The number of hydrogen-bond donors (Lipinski definition) is 2. The molecule has 0 aromatic carbocycles. The number of aromatic amines is 1. The first-order valence-electron chi connectivity index (χ1n) is 6.91. The highest BCUT2D eigenvalue weighted by Crippen LogP contribution is 2.27. The summed E-state index contributed by atoms with van der Waals surface area (Å²) in [6, 6.07) is 2.18. The second-order valence-electron chi connectivity index (χ2n) is 5.56. The maximum Gasteiger partial charge on any atom is 0.145 e. The molecule has 6 nitrogen and oxygen atoms in total. The molecular weight excluding hydrogens is 263 g/mol. The van der Waals surface area contributed by atoms with E-state index in [1.165, 1.54) is 5.56 Å². The molecule has 4 rings (SSSR count). The highest BCUT2D eigenvalue weighted by atomic mass is 15.4. The minimum atomic E-state index is 0.288. The third-order valence-electron chi connectivity index (χ3n) is 4.13. The van der Waals surface area contributed by atoms with Crippen molar-refractivity contribution in [2.75, 3.05) is 19.3 Å². The summed E-state index contributed by atoms with van der Waals surface area (Å²) in [4.78, 5) is 12.1. The van der Waals surface area contributed by atoms with E-state index in [1.54, 1.807) is 6.20 Å². The van der Waals surface area contributed by atoms with Gasteiger partial charge in [-0.2, -0.15) is 5.10 Å². The van der Waals surface area contributed by atoms with E-state index in [-0.39, 0.29) is 5.92 Å². The van der Waals surface area contributed by atoms with Crippen molar-refractivity contribution in [3.63, 3.8) is 0 Å². The van der Waals surface area contributed by atoms with Crippen LogP contribution >= 0.6 is 0 Å². The van der Waals surface area contributed by atoms with Crippen LogP contribution in [0.4, 0.5) is 5.82 Å². The van der Waals surface area contributed by atoms with Crippen molar-refractivity contribution in [2.24, 2.45) is 5.10 Å². The first-order chi connectivity index (χ1) is 10.1. The van der Waals surface area contributed by atoms with E-state index in [9.17, 15) is 0 Å². The molecule has 1 aliphatic rings. The molecule has 0 radical (unpaired) electrons. The number of pyridine rings is 2. The number of hydrazone groups is 1. The van der Waals surface area contributed by atoms with E-state index in [2.05, 4.69) is 26.1 Å². The zero-order chi connectivity index (χ0) is 14.6. The standard InChI is InChI=1S/C14H15BN6/c1-21-6-8(4-19-21)7-2-9-11-10(20-14(9)18-3-7)5-17-13(16)12(11)15/h2-5,8H,6,15H2,1H3,(H2,16,17)(H,18,20). The van der Waals surface area contributed by atoms with E-state index < -0.39 is 0 Å². The van der Waals surface area contributed by atoms with Gasteiger partial charge in [0.1, 0.15) is 19.3 Å². The predicted molar refractivity (Wildman–Crippen MR) is 87.8 cm³/mol. The Bertz CT molecular complexity index is 884. The second-order valence-corrected chi connectivity index (χ2v) is 5.56. The van der Waals surface area contributed by atoms with Crippen molar-refractivity contribution in [1.29, 1.82) is 0 Å². The van der Waals surface area contributed by atoms with Crippen molar-refractivity contribution < 1.29 is 0 Å². The van der Waals surface area contributed by atoms with E-state index in [0.29, 0.717) is 5.82 Å². The number of rotatable bonds is 1. The Morgan fingerprint density at radius 3 is 3.00 bits per heavy atom. The average molecular weight is 278 g/mol. The molecule has 7 heteroatoms. The minimum Gasteiger partial charge on any atom is -0.384 e. The number of aromatic nitrogens is 3. The summed E-state index contributed by atoms with van der Waals surface area (Å²) < 4.78 is 0. The number of nitrogens with one attached hydrogen (secondary N) is 1. The summed E-state index contributed by atoms with van der Waals surface area (Å²) in [5.74, 6) is 0.854. The van der Waals surface area contributed by atoms with Crippen LogP contribution in [-0.2, 0) is 0 Å². The van der Waals surface area contributed by atoms with Gasteiger partial charge in [-0.05, 0) is 17.1 Å².